The Hall–Kier alpha value is -0.730. The molecule has 1 aromatic rings. The summed E-state index contributed by atoms with van der Waals surface area (Å²) in [6.45, 7) is 8.41. The molecular formula is C15H21ClO2. The van der Waals surface area contributed by atoms with Crippen LogP contribution in [0.2, 0.25) is 5.02 Å². The molecule has 0 spiro atoms. The minimum Gasteiger partial charge on any atom is -0.496 e. The van der Waals surface area contributed by atoms with Crippen molar-refractivity contribution in [3.8, 4) is 5.75 Å². The molecule has 1 aromatic carbocycles. The predicted octanol–water partition coefficient (Wildman–Crippen LogP) is 4.25. The highest BCUT2D eigenvalue weighted by atomic mass is 35.5. The van der Waals surface area contributed by atoms with Crippen molar-refractivity contribution < 1.29 is 9.47 Å². The van der Waals surface area contributed by atoms with Crippen LogP contribution in [0.4, 0.5) is 0 Å². The zero-order valence-electron chi connectivity index (χ0n) is 11.7. The first-order valence-electron chi connectivity index (χ1n) is 6.44. The van der Waals surface area contributed by atoms with Crippen molar-refractivity contribution in [3.63, 3.8) is 0 Å². The van der Waals surface area contributed by atoms with E-state index in [0.29, 0.717) is 18.1 Å². The van der Waals surface area contributed by atoms with Crippen LogP contribution in [-0.2, 0) is 4.74 Å². The first-order valence-corrected chi connectivity index (χ1v) is 6.82. The molecule has 0 aliphatic carbocycles. The lowest BCUT2D eigenvalue weighted by Crippen LogP contribution is -2.05. The lowest BCUT2D eigenvalue weighted by molar-refractivity contribution is 0.358. The fraction of sp³-hybridized carbons (Fsp3) is 0.600. The van der Waals surface area contributed by atoms with E-state index in [9.17, 15) is 0 Å². The second kappa shape index (κ2) is 5.10. The van der Waals surface area contributed by atoms with Gasteiger partial charge in [-0.2, -0.15) is 0 Å². The molecule has 0 amide bonds. The van der Waals surface area contributed by atoms with Gasteiger partial charge in [-0.15, -0.1) is 0 Å². The Balaban J connectivity index is 2.32. The van der Waals surface area contributed by atoms with Crippen LogP contribution in [0.3, 0.4) is 0 Å². The third kappa shape index (κ3) is 2.50. The molecule has 1 aliphatic rings. The number of halogens is 1. The fourth-order valence-corrected chi connectivity index (χ4v) is 2.82. The number of benzene rings is 1. The van der Waals surface area contributed by atoms with E-state index in [1.807, 2.05) is 13.0 Å². The van der Waals surface area contributed by atoms with Crippen molar-refractivity contribution in [2.75, 3.05) is 7.11 Å². The smallest absolute Gasteiger partial charge is 0.122 e. The van der Waals surface area contributed by atoms with E-state index in [2.05, 4.69) is 20.8 Å². The molecule has 2 rings (SSSR count). The van der Waals surface area contributed by atoms with E-state index in [-0.39, 0.29) is 0 Å². The quantitative estimate of drug-likeness (QED) is 0.762. The van der Waals surface area contributed by atoms with Crippen molar-refractivity contribution in [2.45, 2.75) is 52.2 Å². The number of hydrogen-bond acceptors (Lipinski definition) is 2. The average molecular weight is 269 g/mol. The van der Waals surface area contributed by atoms with Gasteiger partial charge in [0, 0.05) is 10.6 Å². The van der Waals surface area contributed by atoms with Gasteiger partial charge >= 0.3 is 0 Å². The molecule has 3 heteroatoms. The van der Waals surface area contributed by atoms with Gasteiger partial charge in [0.05, 0.1) is 19.3 Å². The molecule has 3 atom stereocenters. The van der Waals surface area contributed by atoms with Crippen LogP contribution in [0.25, 0.3) is 0 Å². The van der Waals surface area contributed by atoms with E-state index < -0.39 is 0 Å². The minimum absolute atomic E-state index is 0.393. The van der Waals surface area contributed by atoms with Crippen molar-refractivity contribution in [2.24, 2.45) is 0 Å². The summed E-state index contributed by atoms with van der Waals surface area (Å²) >= 11 is 6.35. The number of epoxide rings is 1. The maximum atomic E-state index is 6.35. The molecule has 1 fully saturated rings. The Kier molecular flexibility index (Phi) is 3.88. The van der Waals surface area contributed by atoms with E-state index in [1.165, 1.54) is 5.56 Å². The number of aryl methyl sites for hydroxylation is 1. The van der Waals surface area contributed by atoms with Gasteiger partial charge in [0.1, 0.15) is 5.75 Å². The zero-order chi connectivity index (χ0) is 13.4. The lowest BCUT2D eigenvalue weighted by Gasteiger charge is -2.20. The van der Waals surface area contributed by atoms with Gasteiger partial charge in [-0.3, -0.25) is 0 Å². The minimum atomic E-state index is 0.393. The molecule has 0 bridgehead atoms. The van der Waals surface area contributed by atoms with Gasteiger partial charge in [-0.05, 0) is 50.3 Å². The van der Waals surface area contributed by atoms with Crippen LogP contribution in [0, 0.1) is 13.8 Å². The van der Waals surface area contributed by atoms with Gasteiger partial charge in [-0.1, -0.05) is 18.5 Å². The Morgan fingerprint density at radius 2 is 2.06 bits per heavy atom. The van der Waals surface area contributed by atoms with Crippen molar-refractivity contribution in [1.29, 1.82) is 0 Å². The van der Waals surface area contributed by atoms with Crippen LogP contribution in [-0.4, -0.2) is 19.3 Å². The van der Waals surface area contributed by atoms with Crippen LogP contribution < -0.4 is 4.74 Å². The van der Waals surface area contributed by atoms with Gasteiger partial charge in [0.25, 0.3) is 0 Å². The van der Waals surface area contributed by atoms with Gasteiger partial charge in [0.2, 0.25) is 0 Å². The molecule has 100 valence electrons. The Bertz CT molecular complexity index is 456. The summed E-state index contributed by atoms with van der Waals surface area (Å²) in [7, 11) is 1.72. The number of methoxy groups -OCH3 is 1. The van der Waals surface area contributed by atoms with E-state index in [0.717, 1.165) is 28.3 Å². The first-order chi connectivity index (χ1) is 8.45. The van der Waals surface area contributed by atoms with Crippen molar-refractivity contribution >= 4 is 11.6 Å². The second-order valence-corrected chi connectivity index (χ2v) is 5.64. The summed E-state index contributed by atoms with van der Waals surface area (Å²) in [5.41, 5.74) is 3.42. The molecule has 0 aromatic heterocycles. The molecule has 2 nitrogen and oxygen atoms in total. The topological polar surface area (TPSA) is 21.8 Å². The van der Waals surface area contributed by atoms with Crippen LogP contribution in [0.1, 0.15) is 42.9 Å². The monoisotopic (exact) mass is 268 g/mol. The Labute approximate surface area is 114 Å². The highest BCUT2D eigenvalue weighted by Gasteiger charge is 2.36. The van der Waals surface area contributed by atoms with Gasteiger partial charge < -0.3 is 9.47 Å². The van der Waals surface area contributed by atoms with Crippen molar-refractivity contribution in [1.82, 2.24) is 0 Å². The highest BCUT2D eigenvalue weighted by molar-refractivity contribution is 6.32. The summed E-state index contributed by atoms with van der Waals surface area (Å²) in [5.74, 6) is 1.34. The maximum absolute atomic E-state index is 6.35. The van der Waals surface area contributed by atoms with Crippen molar-refractivity contribution in [3.05, 3.63) is 27.8 Å². The fourth-order valence-electron chi connectivity index (χ4n) is 2.66. The normalized spacial score (nSPS) is 23.9. The van der Waals surface area contributed by atoms with E-state index in [4.69, 9.17) is 21.1 Å². The molecule has 1 aliphatic heterocycles. The summed E-state index contributed by atoms with van der Waals surface area (Å²) in [6, 6.07) is 2.03. The van der Waals surface area contributed by atoms with Crippen LogP contribution in [0.5, 0.6) is 5.75 Å². The molecule has 1 saturated heterocycles. The Morgan fingerprint density at radius 3 is 2.56 bits per heavy atom. The SMILES string of the molecule is COc1cc(C)c(Cl)c(C)c1C(C)CC1OC1C. The van der Waals surface area contributed by atoms with Gasteiger partial charge in [0.15, 0.2) is 0 Å². The molecule has 18 heavy (non-hydrogen) atoms. The predicted molar refractivity (Wildman–Crippen MR) is 74.8 cm³/mol. The van der Waals surface area contributed by atoms with E-state index >= 15 is 0 Å². The zero-order valence-corrected chi connectivity index (χ0v) is 12.5. The first kappa shape index (κ1) is 13.7. The van der Waals surface area contributed by atoms with Crippen LogP contribution in [0.15, 0.2) is 6.07 Å². The highest BCUT2D eigenvalue weighted by Crippen LogP contribution is 2.40. The number of hydrogen-bond donors (Lipinski definition) is 0. The molecule has 3 unspecified atom stereocenters. The number of ether oxygens (including phenoxy) is 2. The molecule has 0 saturated carbocycles. The van der Waals surface area contributed by atoms with Crippen LogP contribution >= 0.6 is 11.6 Å². The number of rotatable bonds is 4. The summed E-state index contributed by atoms with van der Waals surface area (Å²) < 4.78 is 11.0. The molecule has 1 heterocycles. The lowest BCUT2D eigenvalue weighted by atomic mass is 9.90. The third-order valence-electron chi connectivity index (χ3n) is 3.83. The Morgan fingerprint density at radius 1 is 1.44 bits per heavy atom. The van der Waals surface area contributed by atoms with Gasteiger partial charge in [-0.25, -0.2) is 0 Å². The third-order valence-corrected chi connectivity index (χ3v) is 4.41. The second-order valence-electron chi connectivity index (χ2n) is 5.26. The average Bonchev–Trinajstić information content (AvgIpc) is 3.00. The molecule has 0 N–H and O–H groups in total. The summed E-state index contributed by atoms with van der Waals surface area (Å²) in [4.78, 5) is 0. The summed E-state index contributed by atoms with van der Waals surface area (Å²) in [6.07, 6.45) is 1.82. The maximum Gasteiger partial charge on any atom is 0.122 e. The molecular weight excluding hydrogens is 248 g/mol. The molecule has 0 radical (unpaired) electrons. The largest absolute Gasteiger partial charge is 0.496 e. The standard InChI is InChI=1S/C15H21ClO2/c1-8(6-12-11(4)18-12)14-10(3)15(16)9(2)7-13(14)17-5/h7-8,11-12H,6H2,1-5H3. The summed E-state index contributed by atoms with van der Waals surface area (Å²) in [5, 5.41) is 0.849. The van der Waals surface area contributed by atoms with E-state index in [1.54, 1.807) is 7.11 Å².